The lowest BCUT2D eigenvalue weighted by Gasteiger charge is -2.07. The molecule has 0 fully saturated rings. The van der Waals surface area contributed by atoms with Crippen molar-refractivity contribution in [2.24, 2.45) is 0 Å². The van der Waals surface area contributed by atoms with E-state index in [1.165, 1.54) is 6.92 Å². The topological polar surface area (TPSA) is 37.8 Å². The molecular weight excluding hydrogens is 299 g/mol. The van der Waals surface area contributed by atoms with Gasteiger partial charge in [-0.1, -0.05) is 29.5 Å². The summed E-state index contributed by atoms with van der Waals surface area (Å²) >= 11 is 0.950. The molecule has 0 saturated heterocycles. The number of alkyl halides is 3. The average Bonchev–Trinajstić information content (AvgIpc) is 2.79. The van der Waals surface area contributed by atoms with Crippen molar-refractivity contribution in [1.29, 1.82) is 0 Å². The first kappa shape index (κ1) is 13.8. The molecule has 0 atom stereocenters. The van der Waals surface area contributed by atoms with Gasteiger partial charge in [-0.05, 0) is 25.1 Å². The number of thiazole rings is 1. The number of nitrogens with one attached hydrogen (secondary N) is 1. The number of pyridine rings is 1. The quantitative estimate of drug-likeness (QED) is 0.741. The summed E-state index contributed by atoms with van der Waals surface area (Å²) in [5.74, 6) is 0. The molecule has 0 amide bonds. The maximum Gasteiger partial charge on any atom is 0.417 e. The van der Waals surface area contributed by atoms with Gasteiger partial charge >= 0.3 is 6.18 Å². The van der Waals surface area contributed by atoms with Crippen LogP contribution < -0.4 is 5.32 Å². The highest BCUT2D eigenvalue weighted by atomic mass is 32.1. The van der Waals surface area contributed by atoms with Crippen molar-refractivity contribution < 1.29 is 13.2 Å². The molecule has 21 heavy (non-hydrogen) atoms. The summed E-state index contributed by atoms with van der Waals surface area (Å²) in [7, 11) is 0. The van der Waals surface area contributed by atoms with Gasteiger partial charge < -0.3 is 5.32 Å². The van der Waals surface area contributed by atoms with Crippen LogP contribution in [0.4, 0.5) is 24.0 Å². The summed E-state index contributed by atoms with van der Waals surface area (Å²) in [6.45, 7) is 1.53. The summed E-state index contributed by atoms with van der Waals surface area (Å²) in [6.07, 6.45) is -4.41. The Hall–Kier alpha value is -2.15. The molecule has 1 aromatic carbocycles. The van der Waals surface area contributed by atoms with Gasteiger partial charge in [0.05, 0.1) is 10.3 Å². The summed E-state index contributed by atoms with van der Waals surface area (Å²) in [5.41, 5.74) is 0.489. The molecule has 0 saturated carbocycles. The van der Waals surface area contributed by atoms with E-state index in [9.17, 15) is 13.2 Å². The molecule has 3 aromatic rings. The predicted molar refractivity (Wildman–Crippen MR) is 76.9 cm³/mol. The van der Waals surface area contributed by atoms with Crippen LogP contribution in [0.25, 0.3) is 10.3 Å². The molecule has 7 heteroatoms. The van der Waals surface area contributed by atoms with E-state index < -0.39 is 11.7 Å². The van der Waals surface area contributed by atoms with Crippen LogP contribution in [0.5, 0.6) is 0 Å². The Labute approximate surface area is 122 Å². The number of nitrogens with zero attached hydrogens (tertiary/aromatic N) is 2. The van der Waals surface area contributed by atoms with E-state index in [0.29, 0.717) is 10.8 Å². The lowest BCUT2D eigenvalue weighted by Crippen LogP contribution is -2.06. The SMILES string of the molecule is Cc1cc(C(F)(F)F)c2sc(Nc3ccccc3)nc2n1. The van der Waals surface area contributed by atoms with E-state index in [1.54, 1.807) is 0 Å². The molecule has 3 rings (SSSR count). The zero-order valence-electron chi connectivity index (χ0n) is 10.9. The smallest absolute Gasteiger partial charge is 0.331 e. The first-order valence-electron chi connectivity index (χ1n) is 6.11. The Balaban J connectivity index is 2.08. The Bertz CT molecular complexity index is 781. The molecule has 0 aliphatic heterocycles. The van der Waals surface area contributed by atoms with Crippen LogP contribution >= 0.6 is 11.3 Å². The summed E-state index contributed by atoms with van der Waals surface area (Å²) in [6, 6.07) is 10.2. The number of aromatic nitrogens is 2. The second kappa shape index (κ2) is 5.00. The van der Waals surface area contributed by atoms with Crippen LogP contribution in [-0.2, 0) is 6.18 Å². The van der Waals surface area contributed by atoms with Gasteiger partial charge in [0.15, 0.2) is 10.8 Å². The fraction of sp³-hybridized carbons (Fsp3) is 0.143. The van der Waals surface area contributed by atoms with Crippen molar-refractivity contribution in [3.63, 3.8) is 0 Å². The maximum absolute atomic E-state index is 13.1. The molecule has 108 valence electrons. The molecule has 0 unspecified atom stereocenters. The van der Waals surface area contributed by atoms with Gasteiger partial charge in [0.1, 0.15) is 0 Å². The third kappa shape index (κ3) is 2.82. The number of anilines is 2. The standard InChI is InChI=1S/C14H10F3N3S/c1-8-7-10(14(15,16)17)11-12(18-8)20-13(21-11)19-9-5-3-2-4-6-9/h2-7H,1H3,(H,18,19,20). The van der Waals surface area contributed by atoms with Crippen molar-refractivity contribution in [2.45, 2.75) is 13.1 Å². The highest BCUT2D eigenvalue weighted by molar-refractivity contribution is 7.22. The second-order valence-corrected chi connectivity index (χ2v) is 5.47. The third-order valence-corrected chi connectivity index (χ3v) is 3.81. The lowest BCUT2D eigenvalue weighted by atomic mass is 10.2. The average molecular weight is 309 g/mol. The van der Waals surface area contributed by atoms with E-state index in [4.69, 9.17) is 0 Å². The molecule has 2 heterocycles. The molecule has 0 aliphatic carbocycles. The largest absolute Gasteiger partial charge is 0.417 e. The Morgan fingerprint density at radius 3 is 2.48 bits per heavy atom. The van der Waals surface area contributed by atoms with Gasteiger partial charge in [0.2, 0.25) is 0 Å². The fourth-order valence-corrected chi connectivity index (χ4v) is 2.91. The highest BCUT2D eigenvalue weighted by Gasteiger charge is 2.34. The van der Waals surface area contributed by atoms with E-state index >= 15 is 0 Å². The number of fused-ring (bicyclic) bond motifs is 1. The molecular formula is C14H10F3N3S. The van der Waals surface area contributed by atoms with Crippen LogP contribution in [0.15, 0.2) is 36.4 Å². The van der Waals surface area contributed by atoms with Crippen molar-refractivity contribution in [2.75, 3.05) is 5.32 Å². The van der Waals surface area contributed by atoms with Crippen molar-refractivity contribution in [3.05, 3.63) is 47.7 Å². The predicted octanol–water partition coefficient (Wildman–Crippen LogP) is 4.76. The monoisotopic (exact) mass is 309 g/mol. The zero-order chi connectivity index (χ0) is 15.0. The van der Waals surface area contributed by atoms with Gasteiger partial charge in [0, 0.05) is 11.4 Å². The molecule has 2 aromatic heterocycles. The molecule has 1 N–H and O–H groups in total. The van der Waals surface area contributed by atoms with Gasteiger partial charge in [-0.2, -0.15) is 18.2 Å². The third-order valence-electron chi connectivity index (χ3n) is 2.82. The van der Waals surface area contributed by atoms with Crippen LogP contribution in [0, 0.1) is 6.92 Å². The molecule has 3 nitrogen and oxygen atoms in total. The number of rotatable bonds is 2. The number of benzene rings is 1. The van der Waals surface area contributed by atoms with E-state index in [1.807, 2.05) is 30.3 Å². The highest BCUT2D eigenvalue weighted by Crippen LogP contribution is 2.39. The van der Waals surface area contributed by atoms with Gasteiger partial charge in [0.25, 0.3) is 0 Å². The number of hydrogen-bond donors (Lipinski definition) is 1. The maximum atomic E-state index is 13.1. The minimum atomic E-state index is -4.41. The Kier molecular flexibility index (Phi) is 3.29. The van der Waals surface area contributed by atoms with Crippen LogP contribution in [0.2, 0.25) is 0 Å². The van der Waals surface area contributed by atoms with Crippen LogP contribution in [-0.4, -0.2) is 9.97 Å². The zero-order valence-corrected chi connectivity index (χ0v) is 11.7. The summed E-state index contributed by atoms with van der Waals surface area (Å²) in [4.78, 5) is 8.21. The van der Waals surface area contributed by atoms with E-state index in [2.05, 4.69) is 15.3 Å². The van der Waals surface area contributed by atoms with Crippen molar-refractivity contribution in [1.82, 2.24) is 9.97 Å². The van der Waals surface area contributed by atoms with E-state index in [0.717, 1.165) is 23.1 Å². The second-order valence-electron chi connectivity index (χ2n) is 4.47. The van der Waals surface area contributed by atoms with Crippen molar-refractivity contribution >= 4 is 32.5 Å². The molecule has 0 aliphatic rings. The van der Waals surface area contributed by atoms with Gasteiger partial charge in [-0.25, -0.2) is 4.98 Å². The number of hydrogen-bond acceptors (Lipinski definition) is 4. The van der Waals surface area contributed by atoms with E-state index in [-0.39, 0.29) is 10.3 Å². The molecule has 0 bridgehead atoms. The number of aryl methyl sites for hydroxylation is 1. The Morgan fingerprint density at radius 2 is 1.81 bits per heavy atom. The minimum Gasteiger partial charge on any atom is -0.331 e. The van der Waals surface area contributed by atoms with Gasteiger partial charge in [-0.3, -0.25) is 0 Å². The minimum absolute atomic E-state index is 0.0477. The van der Waals surface area contributed by atoms with Crippen LogP contribution in [0.1, 0.15) is 11.3 Å². The first-order chi connectivity index (χ1) is 9.93. The number of halogens is 3. The van der Waals surface area contributed by atoms with Crippen LogP contribution in [0.3, 0.4) is 0 Å². The number of para-hydroxylation sites is 1. The molecule has 0 spiro atoms. The van der Waals surface area contributed by atoms with Crippen molar-refractivity contribution in [3.8, 4) is 0 Å². The fourth-order valence-electron chi connectivity index (χ4n) is 1.95. The molecule has 0 radical (unpaired) electrons. The summed E-state index contributed by atoms with van der Waals surface area (Å²) in [5, 5.41) is 3.38. The summed E-state index contributed by atoms with van der Waals surface area (Å²) < 4.78 is 39.2. The van der Waals surface area contributed by atoms with Gasteiger partial charge in [-0.15, -0.1) is 0 Å². The first-order valence-corrected chi connectivity index (χ1v) is 6.92. The normalized spacial score (nSPS) is 11.8. The Morgan fingerprint density at radius 1 is 1.10 bits per heavy atom. The lowest BCUT2D eigenvalue weighted by molar-refractivity contribution is -0.136.